The number of halogens is 3. The van der Waals surface area contributed by atoms with Crippen LogP contribution in [0.4, 0.5) is 19.0 Å². The van der Waals surface area contributed by atoms with Crippen LogP contribution < -0.4 is 4.90 Å². The van der Waals surface area contributed by atoms with E-state index in [-0.39, 0.29) is 5.82 Å². The van der Waals surface area contributed by atoms with E-state index < -0.39 is 29.2 Å². The van der Waals surface area contributed by atoms with Gasteiger partial charge in [-0.3, -0.25) is 0 Å². The summed E-state index contributed by atoms with van der Waals surface area (Å²) >= 11 is 0. The van der Waals surface area contributed by atoms with E-state index in [9.17, 15) is 23.1 Å². The fourth-order valence-electron chi connectivity index (χ4n) is 2.83. The van der Waals surface area contributed by atoms with Crippen molar-refractivity contribution in [2.75, 3.05) is 11.4 Å². The summed E-state index contributed by atoms with van der Waals surface area (Å²) in [5.41, 5.74) is -1.30. The number of nitrogens with zero attached hydrogens (tertiary/aromatic N) is 2. The van der Waals surface area contributed by atoms with Crippen molar-refractivity contribution in [3.05, 3.63) is 23.9 Å². The fraction of sp³-hybridized carbons (Fsp3) is 0.571. The topological polar surface area (TPSA) is 53.4 Å². The molecule has 1 N–H and O–H groups in total. The Bertz CT molecular complexity index is 526. The molecule has 0 spiro atoms. The molecule has 1 aromatic rings. The number of carboxylic acid groups (broad SMARTS) is 1. The van der Waals surface area contributed by atoms with Crippen LogP contribution in [-0.4, -0.2) is 28.6 Å². The number of anilines is 1. The third-order valence-corrected chi connectivity index (χ3v) is 3.88. The molecule has 1 fully saturated rings. The van der Waals surface area contributed by atoms with Crippen molar-refractivity contribution < 1.29 is 23.1 Å². The maximum absolute atomic E-state index is 12.5. The van der Waals surface area contributed by atoms with Crippen LogP contribution in [-0.2, 0) is 11.0 Å². The lowest BCUT2D eigenvalue weighted by Gasteiger charge is -2.44. The van der Waals surface area contributed by atoms with Gasteiger partial charge in [0.2, 0.25) is 0 Å². The normalized spacial score (nSPS) is 22.1. The summed E-state index contributed by atoms with van der Waals surface area (Å²) in [5, 5.41) is 9.44. The van der Waals surface area contributed by atoms with Gasteiger partial charge < -0.3 is 10.0 Å². The van der Waals surface area contributed by atoms with Gasteiger partial charge in [-0.1, -0.05) is 13.8 Å². The summed E-state index contributed by atoms with van der Waals surface area (Å²) < 4.78 is 37.6. The highest BCUT2D eigenvalue weighted by molar-refractivity contribution is 5.79. The van der Waals surface area contributed by atoms with Crippen molar-refractivity contribution in [2.45, 2.75) is 38.9 Å². The van der Waals surface area contributed by atoms with E-state index in [1.54, 1.807) is 4.90 Å². The van der Waals surface area contributed by atoms with E-state index in [1.807, 2.05) is 13.8 Å². The van der Waals surface area contributed by atoms with Gasteiger partial charge in [-0.25, -0.2) is 9.78 Å². The molecule has 0 bridgehead atoms. The molecule has 0 amide bonds. The zero-order chi connectivity index (χ0) is 15.8. The van der Waals surface area contributed by atoms with Gasteiger partial charge in [0.1, 0.15) is 11.9 Å². The molecule has 0 aromatic carbocycles. The first-order chi connectivity index (χ1) is 9.63. The maximum atomic E-state index is 12.5. The van der Waals surface area contributed by atoms with E-state index in [1.165, 1.54) is 6.07 Å². The van der Waals surface area contributed by atoms with Gasteiger partial charge in [0.25, 0.3) is 0 Å². The molecule has 2 heterocycles. The van der Waals surface area contributed by atoms with Crippen LogP contribution >= 0.6 is 0 Å². The second kappa shape index (κ2) is 5.20. The van der Waals surface area contributed by atoms with Crippen LogP contribution in [0.5, 0.6) is 0 Å². The molecule has 0 aliphatic carbocycles. The average Bonchev–Trinajstić information content (AvgIpc) is 2.36. The van der Waals surface area contributed by atoms with Crippen molar-refractivity contribution in [3.8, 4) is 0 Å². The molecule has 0 saturated carbocycles. The quantitative estimate of drug-likeness (QED) is 0.911. The Hall–Kier alpha value is -1.79. The lowest BCUT2D eigenvalue weighted by atomic mass is 9.76. The van der Waals surface area contributed by atoms with Crippen LogP contribution in [0.2, 0.25) is 0 Å². The molecule has 1 aliphatic heterocycles. The minimum absolute atomic E-state index is 0.267. The van der Waals surface area contributed by atoms with Crippen LogP contribution in [0.3, 0.4) is 0 Å². The van der Waals surface area contributed by atoms with E-state index in [0.29, 0.717) is 6.54 Å². The van der Waals surface area contributed by atoms with Gasteiger partial charge in [-0.15, -0.1) is 0 Å². The van der Waals surface area contributed by atoms with E-state index in [4.69, 9.17) is 0 Å². The number of piperidine rings is 1. The molecule has 1 unspecified atom stereocenters. The summed E-state index contributed by atoms with van der Waals surface area (Å²) in [5.74, 6) is -0.718. The van der Waals surface area contributed by atoms with Crippen molar-refractivity contribution in [1.82, 2.24) is 4.98 Å². The number of pyridine rings is 1. The maximum Gasteiger partial charge on any atom is 0.417 e. The highest BCUT2D eigenvalue weighted by Gasteiger charge is 2.43. The largest absolute Gasteiger partial charge is 0.480 e. The van der Waals surface area contributed by atoms with E-state index in [0.717, 1.165) is 25.1 Å². The smallest absolute Gasteiger partial charge is 0.417 e. The molecule has 0 radical (unpaired) electrons. The van der Waals surface area contributed by atoms with Gasteiger partial charge >= 0.3 is 12.1 Å². The standard InChI is InChI=1S/C14H17F3N2O2/c1-13(2)6-3-7-19(11(13)12(20)21)10-5-4-9(8-18-10)14(15,16)17/h4-5,8,11H,3,6-7H2,1-2H3,(H,20,21). The Morgan fingerprint density at radius 2 is 2.10 bits per heavy atom. The molecule has 116 valence electrons. The first kappa shape index (κ1) is 15.6. The molecule has 7 heteroatoms. The number of alkyl halides is 3. The molecule has 21 heavy (non-hydrogen) atoms. The molecular formula is C14H17F3N2O2. The minimum atomic E-state index is -4.45. The monoisotopic (exact) mass is 302 g/mol. The zero-order valence-electron chi connectivity index (χ0n) is 11.8. The predicted molar refractivity (Wildman–Crippen MR) is 71.0 cm³/mol. The van der Waals surface area contributed by atoms with Crippen LogP contribution in [0, 0.1) is 5.41 Å². The van der Waals surface area contributed by atoms with E-state index >= 15 is 0 Å². The van der Waals surface area contributed by atoms with Crippen LogP contribution in [0.25, 0.3) is 0 Å². The van der Waals surface area contributed by atoms with Crippen molar-refractivity contribution in [1.29, 1.82) is 0 Å². The summed E-state index contributed by atoms with van der Waals surface area (Å²) in [6.07, 6.45) is -2.17. The highest BCUT2D eigenvalue weighted by atomic mass is 19.4. The van der Waals surface area contributed by atoms with Crippen LogP contribution in [0.1, 0.15) is 32.3 Å². The van der Waals surface area contributed by atoms with Gasteiger partial charge in [-0.05, 0) is 30.4 Å². The number of aromatic nitrogens is 1. The summed E-state index contributed by atoms with van der Waals surface area (Å²) in [7, 11) is 0. The molecule has 4 nitrogen and oxygen atoms in total. The van der Waals surface area contributed by atoms with Gasteiger partial charge in [-0.2, -0.15) is 13.2 Å². The summed E-state index contributed by atoms with van der Waals surface area (Å²) in [6, 6.07) is 1.37. The Morgan fingerprint density at radius 3 is 2.57 bits per heavy atom. The first-order valence-electron chi connectivity index (χ1n) is 6.65. The lowest BCUT2D eigenvalue weighted by molar-refractivity contribution is -0.142. The van der Waals surface area contributed by atoms with Gasteiger partial charge in [0.05, 0.1) is 5.56 Å². The third-order valence-electron chi connectivity index (χ3n) is 3.88. The SMILES string of the molecule is CC1(C)CCCN(c2ccc(C(F)(F)F)cn2)C1C(=O)O. The number of carboxylic acids is 1. The second-order valence-electron chi connectivity index (χ2n) is 5.93. The molecule has 1 aromatic heterocycles. The highest BCUT2D eigenvalue weighted by Crippen LogP contribution is 2.38. The van der Waals surface area contributed by atoms with Crippen molar-refractivity contribution in [3.63, 3.8) is 0 Å². The van der Waals surface area contributed by atoms with Crippen LogP contribution in [0.15, 0.2) is 18.3 Å². The minimum Gasteiger partial charge on any atom is -0.480 e. The Morgan fingerprint density at radius 1 is 1.43 bits per heavy atom. The molecular weight excluding hydrogens is 285 g/mol. The third kappa shape index (κ3) is 3.11. The van der Waals surface area contributed by atoms with Crippen molar-refractivity contribution >= 4 is 11.8 Å². The zero-order valence-corrected chi connectivity index (χ0v) is 11.8. The fourth-order valence-corrected chi connectivity index (χ4v) is 2.83. The Kier molecular flexibility index (Phi) is 3.86. The molecule has 1 atom stereocenters. The number of carbonyl (C=O) groups is 1. The van der Waals surface area contributed by atoms with Gasteiger partial charge in [0.15, 0.2) is 0 Å². The average molecular weight is 302 g/mol. The number of hydrogen-bond donors (Lipinski definition) is 1. The number of rotatable bonds is 2. The second-order valence-corrected chi connectivity index (χ2v) is 5.93. The predicted octanol–water partition coefficient (Wildman–Crippen LogP) is 3.18. The Labute approximate surface area is 120 Å². The lowest BCUT2D eigenvalue weighted by Crippen LogP contribution is -2.54. The molecule has 2 rings (SSSR count). The summed E-state index contributed by atoms with van der Waals surface area (Å²) in [6.45, 7) is 4.17. The van der Waals surface area contributed by atoms with Gasteiger partial charge in [0, 0.05) is 12.7 Å². The molecule has 1 saturated heterocycles. The van der Waals surface area contributed by atoms with E-state index in [2.05, 4.69) is 4.98 Å². The molecule has 1 aliphatic rings. The first-order valence-corrected chi connectivity index (χ1v) is 6.65. The Balaban J connectivity index is 2.33. The van der Waals surface area contributed by atoms with Crippen molar-refractivity contribution in [2.24, 2.45) is 5.41 Å². The number of aliphatic carboxylic acids is 1. The number of hydrogen-bond acceptors (Lipinski definition) is 3. The summed E-state index contributed by atoms with van der Waals surface area (Å²) in [4.78, 5) is 16.9.